The number of rotatable bonds is 4. The summed E-state index contributed by atoms with van der Waals surface area (Å²) >= 11 is 0. The molecule has 4 heteroatoms. The van der Waals surface area contributed by atoms with Crippen molar-refractivity contribution >= 4 is 5.69 Å². The number of nitrogens with zero attached hydrogens (tertiary/aromatic N) is 2. The highest BCUT2D eigenvalue weighted by Gasteiger charge is 2.23. The van der Waals surface area contributed by atoms with Crippen LogP contribution in [-0.2, 0) is 0 Å². The minimum atomic E-state index is 0.389. The summed E-state index contributed by atoms with van der Waals surface area (Å²) in [5.74, 6) is 1.38. The highest BCUT2D eigenvalue weighted by Crippen LogP contribution is 2.28. The molecule has 1 aliphatic heterocycles. The Morgan fingerprint density at radius 1 is 1.50 bits per heavy atom. The van der Waals surface area contributed by atoms with Gasteiger partial charge in [-0.15, -0.1) is 0 Å². The molecule has 1 heterocycles. The van der Waals surface area contributed by atoms with E-state index < -0.39 is 0 Å². The Balaban J connectivity index is 2.07. The van der Waals surface area contributed by atoms with Crippen LogP contribution >= 0.6 is 0 Å². The summed E-state index contributed by atoms with van der Waals surface area (Å²) < 4.78 is 5.37. The minimum absolute atomic E-state index is 0.389. The molecule has 0 saturated carbocycles. The maximum absolute atomic E-state index is 8.93. The molecule has 1 aliphatic rings. The van der Waals surface area contributed by atoms with Gasteiger partial charge in [0.2, 0.25) is 0 Å². The molecule has 0 bridgehead atoms. The summed E-state index contributed by atoms with van der Waals surface area (Å²) in [6.45, 7) is 4.55. The number of piperidine rings is 1. The van der Waals surface area contributed by atoms with Crippen molar-refractivity contribution in [1.29, 1.82) is 5.26 Å². The van der Waals surface area contributed by atoms with E-state index in [9.17, 15) is 0 Å². The van der Waals surface area contributed by atoms with E-state index in [2.05, 4.69) is 30.3 Å². The number of methoxy groups -OCH3 is 1. The van der Waals surface area contributed by atoms with Crippen molar-refractivity contribution in [1.82, 2.24) is 4.90 Å². The van der Waals surface area contributed by atoms with Gasteiger partial charge in [0.1, 0.15) is 5.75 Å². The molecule has 2 rings (SSSR count). The zero-order valence-corrected chi connectivity index (χ0v) is 12.5. The number of anilines is 1. The maximum atomic E-state index is 8.93. The zero-order valence-electron chi connectivity index (χ0n) is 12.5. The first-order chi connectivity index (χ1) is 9.63. The van der Waals surface area contributed by atoms with Crippen molar-refractivity contribution < 1.29 is 4.74 Å². The van der Waals surface area contributed by atoms with Crippen molar-refractivity contribution in [2.45, 2.75) is 25.8 Å². The fourth-order valence-electron chi connectivity index (χ4n) is 2.86. The van der Waals surface area contributed by atoms with E-state index in [-0.39, 0.29) is 0 Å². The van der Waals surface area contributed by atoms with E-state index in [0.29, 0.717) is 17.5 Å². The third-order valence-corrected chi connectivity index (χ3v) is 4.08. The number of benzene rings is 1. The summed E-state index contributed by atoms with van der Waals surface area (Å²) in [7, 11) is 3.82. The Kier molecular flexibility index (Phi) is 4.86. The van der Waals surface area contributed by atoms with Gasteiger partial charge in [0, 0.05) is 18.7 Å². The van der Waals surface area contributed by atoms with Gasteiger partial charge in [-0.25, -0.2) is 0 Å². The molecule has 108 valence electrons. The summed E-state index contributed by atoms with van der Waals surface area (Å²) in [6.07, 6.45) is 2.52. The van der Waals surface area contributed by atoms with E-state index >= 15 is 0 Å². The average molecular weight is 273 g/mol. The summed E-state index contributed by atoms with van der Waals surface area (Å²) in [4.78, 5) is 2.39. The molecule has 20 heavy (non-hydrogen) atoms. The van der Waals surface area contributed by atoms with E-state index in [1.54, 1.807) is 13.2 Å². The molecule has 0 radical (unpaired) electrons. The minimum Gasteiger partial charge on any atom is -0.495 e. The van der Waals surface area contributed by atoms with Gasteiger partial charge in [0.15, 0.2) is 0 Å². The molecule has 0 amide bonds. The highest BCUT2D eigenvalue weighted by molar-refractivity contribution is 5.59. The van der Waals surface area contributed by atoms with Crippen LogP contribution in [0.5, 0.6) is 5.75 Å². The largest absolute Gasteiger partial charge is 0.495 e. The lowest BCUT2D eigenvalue weighted by molar-refractivity contribution is 0.197. The molecule has 1 N–H and O–H groups in total. The van der Waals surface area contributed by atoms with Gasteiger partial charge < -0.3 is 15.0 Å². The molecule has 0 spiro atoms. The summed E-state index contributed by atoms with van der Waals surface area (Å²) in [6, 6.07) is 8.06. The molecule has 0 aromatic heterocycles. The van der Waals surface area contributed by atoms with Gasteiger partial charge in [-0.1, -0.05) is 0 Å². The molecule has 1 fully saturated rings. The fraction of sp³-hybridized carbons (Fsp3) is 0.562. The van der Waals surface area contributed by atoms with Crippen LogP contribution in [-0.4, -0.2) is 38.2 Å². The van der Waals surface area contributed by atoms with Gasteiger partial charge in [0.25, 0.3) is 0 Å². The molecule has 4 nitrogen and oxygen atoms in total. The smallest absolute Gasteiger partial charge is 0.143 e. The highest BCUT2D eigenvalue weighted by atomic mass is 16.5. The topological polar surface area (TPSA) is 48.3 Å². The monoisotopic (exact) mass is 273 g/mol. The van der Waals surface area contributed by atoms with Crippen LogP contribution in [0, 0.1) is 17.2 Å². The Morgan fingerprint density at radius 3 is 2.95 bits per heavy atom. The Morgan fingerprint density at radius 2 is 2.30 bits per heavy atom. The number of ether oxygens (including phenoxy) is 1. The summed E-state index contributed by atoms with van der Waals surface area (Å²) in [5.41, 5.74) is 1.59. The molecule has 2 unspecified atom stereocenters. The molecule has 0 aliphatic carbocycles. The molecule has 1 aromatic carbocycles. The third-order valence-electron chi connectivity index (χ3n) is 4.08. The lowest BCUT2D eigenvalue weighted by Gasteiger charge is -2.34. The Hall–Kier alpha value is -1.73. The number of likely N-dealkylation sites (tertiary alicyclic amines) is 1. The Labute approximate surface area is 121 Å². The molecule has 1 saturated heterocycles. The van der Waals surface area contributed by atoms with Crippen molar-refractivity contribution in [3.05, 3.63) is 23.8 Å². The van der Waals surface area contributed by atoms with Crippen LogP contribution < -0.4 is 10.1 Å². The van der Waals surface area contributed by atoms with Gasteiger partial charge >= 0.3 is 0 Å². The van der Waals surface area contributed by atoms with Gasteiger partial charge in [0.05, 0.1) is 24.4 Å². The van der Waals surface area contributed by atoms with E-state index in [4.69, 9.17) is 10.00 Å². The predicted octanol–water partition coefficient (Wildman–Crippen LogP) is 2.71. The molecule has 2 atom stereocenters. The lowest BCUT2D eigenvalue weighted by atomic mass is 9.91. The first-order valence-corrected chi connectivity index (χ1v) is 7.17. The zero-order chi connectivity index (χ0) is 14.5. The third kappa shape index (κ3) is 3.43. The fourth-order valence-corrected chi connectivity index (χ4v) is 2.86. The molecular formula is C16H23N3O. The van der Waals surface area contributed by atoms with E-state index in [1.807, 2.05) is 12.1 Å². The van der Waals surface area contributed by atoms with Crippen LogP contribution in [0.3, 0.4) is 0 Å². The molecular weight excluding hydrogens is 250 g/mol. The molecule has 1 aromatic rings. The van der Waals surface area contributed by atoms with Crippen LogP contribution in [0.25, 0.3) is 0 Å². The second kappa shape index (κ2) is 6.62. The summed E-state index contributed by atoms with van der Waals surface area (Å²) in [5, 5.41) is 12.5. The standard InChI is InChI=1S/C16H23N3O/c1-12(14-5-4-8-19(2)11-14)18-15-7-6-13(10-17)9-16(15)20-3/h6-7,9,12,14,18H,4-5,8,11H2,1-3H3. The van der Waals surface area contributed by atoms with Crippen molar-refractivity contribution in [2.24, 2.45) is 5.92 Å². The van der Waals surface area contributed by atoms with Crippen molar-refractivity contribution in [2.75, 3.05) is 32.6 Å². The number of hydrogen-bond acceptors (Lipinski definition) is 4. The predicted molar refractivity (Wildman–Crippen MR) is 81.0 cm³/mol. The average Bonchev–Trinajstić information content (AvgIpc) is 2.47. The first kappa shape index (κ1) is 14.7. The normalized spacial score (nSPS) is 21.0. The van der Waals surface area contributed by atoms with Crippen LogP contribution in [0.2, 0.25) is 0 Å². The van der Waals surface area contributed by atoms with Crippen molar-refractivity contribution in [3.63, 3.8) is 0 Å². The number of nitriles is 1. The van der Waals surface area contributed by atoms with Crippen LogP contribution in [0.15, 0.2) is 18.2 Å². The van der Waals surface area contributed by atoms with Gasteiger partial charge in [-0.3, -0.25) is 0 Å². The SMILES string of the molecule is COc1cc(C#N)ccc1NC(C)C1CCCN(C)C1. The second-order valence-corrected chi connectivity index (χ2v) is 5.62. The quantitative estimate of drug-likeness (QED) is 0.916. The van der Waals surface area contributed by atoms with Crippen LogP contribution in [0.1, 0.15) is 25.3 Å². The number of hydrogen-bond donors (Lipinski definition) is 1. The van der Waals surface area contributed by atoms with E-state index in [1.165, 1.54) is 19.4 Å². The first-order valence-electron chi connectivity index (χ1n) is 7.17. The van der Waals surface area contributed by atoms with Gasteiger partial charge in [-0.2, -0.15) is 5.26 Å². The Bertz CT molecular complexity index is 495. The van der Waals surface area contributed by atoms with E-state index in [0.717, 1.165) is 18.0 Å². The number of nitrogens with one attached hydrogen (secondary N) is 1. The van der Waals surface area contributed by atoms with Gasteiger partial charge in [-0.05, 0) is 51.4 Å². The second-order valence-electron chi connectivity index (χ2n) is 5.62. The van der Waals surface area contributed by atoms with Crippen LogP contribution in [0.4, 0.5) is 5.69 Å². The lowest BCUT2D eigenvalue weighted by Crippen LogP contribution is -2.39. The maximum Gasteiger partial charge on any atom is 0.143 e. The van der Waals surface area contributed by atoms with Crippen molar-refractivity contribution in [3.8, 4) is 11.8 Å².